The van der Waals surface area contributed by atoms with Crippen molar-refractivity contribution < 1.29 is 14.3 Å². The van der Waals surface area contributed by atoms with E-state index in [0.717, 1.165) is 24.8 Å². The smallest absolute Gasteiger partial charge is 0.338 e. The van der Waals surface area contributed by atoms with Gasteiger partial charge in [-0.25, -0.2) is 4.79 Å². The summed E-state index contributed by atoms with van der Waals surface area (Å²) < 4.78 is 5.11. The predicted molar refractivity (Wildman–Crippen MR) is 93.6 cm³/mol. The van der Waals surface area contributed by atoms with Gasteiger partial charge in [-0.05, 0) is 67.1 Å². The molecule has 0 aliphatic heterocycles. The van der Waals surface area contributed by atoms with Crippen molar-refractivity contribution in [3.05, 3.63) is 63.7 Å². The SMILES string of the molecule is Cc1c(Cl)cccc1NC(=O)COC(=O)c1ccc2c(c1)CCC2. The molecule has 0 heterocycles. The Hall–Kier alpha value is -2.33. The topological polar surface area (TPSA) is 55.4 Å². The van der Waals surface area contributed by atoms with Crippen LogP contribution >= 0.6 is 11.6 Å². The molecule has 2 aromatic carbocycles. The number of carbonyl (C=O) groups is 2. The number of carbonyl (C=O) groups excluding carboxylic acids is 2. The van der Waals surface area contributed by atoms with E-state index >= 15 is 0 Å². The van der Waals surface area contributed by atoms with Crippen LogP contribution in [0.15, 0.2) is 36.4 Å². The van der Waals surface area contributed by atoms with Gasteiger partial charge in [-0.1, -0.05) is 23.7 Å². The van der Waals surface area contributed by atoms with E-state index in [2.05, 4.69) is 5.32 Å². The molecule has 5 heteroatoms. The summed E-state index contributed by atoms with van der Waals surface area (Å²) in [6.45, 7) is 1.48. The number of hydrogen-bond acceptors (Lipinski definition) is 3. The van der Waals surface area contributed by atoms with Gasteiger partial charge < -0.3 is 10.1 Å². The molecule has 0 spiro atoms. The van der Waals surface area contributed by atoms with Gasteiger partial charge in [0.1, 0.15) is 0 Å². The number of esters is 1. The van der Waals surface area contributed by atoms with Crippen molar-refractivity contribution in [1.29, 1.82) is 0 Å². The Bertz CT molecular complexity index is 801. The number of halogens is 1. The largest absolute Gasteiger partial charge is 0.452 e. The highest BCUT2D eigenvalue weighted by Gasteiger charge is 2.16. The Kier molecular flexibility index (Phi) is 4.86. The zero-order valence-electron chi connectivity index (χ0n) is 13.4. The molecule has 0 aromatic heterocycles. The highest BCUT2D eigenvalue weighted by Crippen LogP contribution is 2.24. The maximum atomic E-state index is 12.1. The van der Waals surface area contributed by atoms with Gasteiger partial charge in [0.15, 0.2) is 6.61 Å². The van der Waals surface area contributed by atoms with Gasteiger partial charge in [0.2, 0.25) is 0 Å². The van der Waals surface area contributed by atoms with Crippen LogP contribution in [-0.2, 0) is 22.4 Å². The summed E-state index contributed by atoms with van der Waals surface area (Å²) >= 11 is 6.01. The summed E-state index contributed by atoms with van der Waals surface area (Å²) in [4.78, 5) is 24.1. The molecule has 4 nitrogen and oxygen atoms in total. The van der Waals surface area contributed by atoms with E-state index in [4.69, 9.17) is 16.3 Å². The molecule has 24 heavy (non-hydrogen) atoms. The Morgan fingerprint density at radius 1 is 1.17 bits per heavy atom. The summed E-state index contributed by atoms with van der Waals surface area (Å²) in [6, 6.07) is 10.8. The predicted octanol–water partition coefficient (Wildman–Crippen LogP) is 3.93. The maximum absolute atomic E-state index is 12.1. The molecule has 2 aromatic rings. The van der Waals surface area contributed by atoms with Gasteiger partial charge in [-0.15, -0.1) is 0 Å². The van der Waals surface area contributed by atoms with E-state index < -0.39 is 11.9 Å². The molecular formula is C19H18ClNO3. The molecule has 3 rings (SSSR count). The molecule has 0 saturated carbocycles. The molecule has 0 fully saturated rings. The maximum Gasteiger partial charge on any atom is 0.338 e. The molecular weight excluding hydrogens is 326 g/mol. The van der Waals surface area contributed by atoms with E-state index in [1.807, 2.05) is 19.1 Å². The molecule has 0 saturated heterocycles. The van der Waals surface area contributed by atoms with Crippen LogP contribution in [0.3, 0.4) is 0 Å². The minimum absolute atomic E-state index is 0.331. The number of anilines is 1. The summed E-state index contributed by atoms with van der Waals surface area (Å²) in [5, 5.41) is 3.27. The van der Waals surface area contributed by atoms with Crippen LogP contribution < -0.4 is 5.32 Å². The molecule has 0 bridgehead atoms. The number of aryl methyl sites for hydroxylation is 2. The second-order valence-corrected chi connectivity index (χ2v) is 6.28. The fourth-order valence-corrected chi connectivity index (χ4v) is 3.02. The third kappa shape index (κ3) is 3.60. The molecule has 124 valence electrons. The zero-order valence-corrected chi connectivity index (χ0v) is 14.2. The first-order valence-electron chi connectivity index (χ1n) is 7.88. The number of nitrogens with one attached hydrogen (secondary N) is 1. The van der Waals surface area contributed by atoms with Gasteiger partial charge in [0, 0.05) is 10.7 Å². The molecule has 1 aliphatic carbocycles. The van der Waals surface area contributed by atoms with E-state index in [-0.39, 0.29) is 6.61 Å². The molecule has 1 N–H and O–H groups in total. The van der Waals surface area contributed by atoms with Crippen LogP contribution in [0, 0.1) is 6.92 Å². The van der Waals surface area contributed by atoms with Crippen LogP contribution in [0.2, 0.25) is 5.02 Å². The Labute approximate surface area is 145 Å². The average molecular weight is 344 g/mol. The van der Waals surface area contributed by atoms with Gasteiger partial charge in [0.25, 0.3) is 5.91 Å². The second kappa shape index (κ2) is 7.05. The van der Waals surface area contributed by atoms with Crippen molar-refractivity contribution in [3.63, 3.8) is 0 Å². The van der Waals surface area contributed by atoms with E-state index in [0.29, 0.717) is 16.3 Å². The lowest BCUT2D eigenvalue weighted by Gasteiger charge is -2.10. The standard InChI is InChI=1S/C19H18ClNO3/c1-12-16(20)6-3-7-17(12)21-18(22)11-24-19(23)15-9-8-13-4-2-5-14(13)10-15/h3,6-10H,2,4-5,11H2,1H3,(H,21,22). The van der Waals surface area contributed by atoms with E-state index in [1.165, 1.54) is 11.1 Å². The lowest BCUT2D eigenvalue weighted by atomic mass is 10.1. The summed E-state index contributed by atoms with van der Waals surface area (Å²) in [7, 11) is 0. The molecule has 1 aliphatic rings. The van der Waals surface area contributed by atoms with Crippen LogP contribution in [0.1, 0.15) is 33.5 Å². The number of fused-ring (bicyclic) bond motifs is 1. The molecule has 0 unspecified atom stereocenters. The van der Waals surface area contributed by atoms with Crippen molar-refractivity contribution in [3.8, 4) is 0 Å². The Morgan fingerprint density at radius 3 is 2.79 bits per heavy atom. The van der Waals surface area contributed by atoms with Gasteiger partial charge in [-0.3, -0.25) is 4.79 Å². The van der Waals surface area contributed by atoms with Crippen LogP contribution in [-0.4, -0.2) is 18.5 Å². The highest BCUT2D eigenvalue weighted by molar-refractivity contribution is 6.31. The van der Waals surface area contributed by atoms with Crippen molar-refractivity contribution in [2.75, 3.05) is 11.9 Å². The summed E-state index contributed by atoms with van der Waals surface area (Å²) in [5.41, 5.74) is 4.37. The Balaban J connectivity index is 1.58. The number of amides is 1. The number of rotatable bonds is 4. The second-order valence-electron chi connectivity index (χ2n) is 5.87. The first-order valence-corrected chi connectivity index (χ1v) is 8.26. The number of benzene rings is 2. The summed E-state index contributed by atoms with van der Waals surface area (Å²) in [5.74, 6) is -0.877. The van der Waals surface area contributed by atoms with Crippen molar-refractivity contribution in [2.24, 2.45) is 0 Å². The fourth-order valence-electron chi connectivity index (χ4n) is 2.84. The Morgan fingerprint density at radius 2 is 1.96 bits per heavy atom. The van der Waals surface area contributed by atoms with Crippen LogP contribution in [0.25, 0.3) is 0 Å². The molecule has 1 amide bonds. The van der Waals surface area contributed by atoms with Crippen molar-refractivity contribution in [2.45, 2.75) is 26.2 Å². The van der Waals surface area contributed by atoms with Gasteiger partial charge in [0.05, 0.1) is 5.56 Å². The fraction of sp³-hybridized carbons (Fsp3) is 0.263. The normalized spacial score (nSPS) is 12.6. The lowest BCUT2D eigenvalue weighted by molar-refractivity contribution is -0.119. The van der Waals surface area contributed by atoms with Crippen molar-refractivity contribution >= 4 is 29.2 Å². The van der Waals surface area contributed by atoms with E-state index in [1.54, 1.807) is 24.3 Å². The van der Waals surface area contributed by atoms with Gasteiger partial charge in [-0.2, -0.15) is 0 Å². The third-order valence-electron chi connectivity index (χ3n) is 4.21. The van der Waals surface area contributed by atoms with Crippen molar-refractivity contribution in [1.82, 2.24) is 0 Å². The third-order valence-corrected chi connectivity index (χ3v) is 4.62. The van der Waals surface area contributed by atoms with Crippen LogP contribution in [0.5, 0.6) is 0 Å². The summed E-state index contributed by atoms with van der Waals surface area (Å²) in [6.07, 6.45) is 3.17. The minimum Gasteiger partial charge on any atom is -0.452 e. The number of ether oxygens (including phenoxy) is 1. The zero-order chi connectivity index (χ0) is 17.1. The quantitative estimate of drug-likeness (QED) is 0.856. The number of hydrogen-bond donors (Lipinski definition) is 1. The van der Waals surface area contributed by atoms with E-state index in [9.17, 15) is 9.59 Å². The highest BCUT2D eigenvalue weighted by atomic mass is 35.5. The first-order chi connectivity index (χ1) is 11.5. The van der Waals surface area contributed by atoms with Gasteiger partial charge >= 0.3 is 5.97 Å². The lowest BCUT2D eigenvalue weighted by Crippen LogP contribution is -2.21. The van der Waals surface area contributed by atoms with Crippen LogP contribution in [0.4, 0.5) is 5.69 Å². The minimum atomic E-state index is -0.484. The first kappa shape index (κ1) is 16.5. The molecule has 0 radical (unpaired) electrons. The monoisotopic (exact) mass is 343 g/mol. The average Bonchev–Trinajstić information content (AvgIpc) is 3.04. The molecule has 0 atom stereocenters.